The Kier molecular flexibility index (Phi) is 19.3. The van der Waals surface area contributed by atoms with E-state index in [0.29, 0.717) is 16.3 Å². The third kappa shape index (κ3) is 14.3. The van der Waals surface area contributed by atoms with E-state index in [0.717, 1.165) is 33.4 Å². The molecule has 18 heteroatoms. The van der Waals surface area contributed by atoms with Crippen LogP contribution in [0.5, 0.6) is 5.75 Å². The molecule has 2 heterocycles. The van der Waals surface area contributed by atoms with E-state index >= 15 is 0 Å². The second-order valence-corrected chi connectivity index (χ2v) is 22.8. The summed E-state index contributed by atoms with van der Waals surface area (Å²) in [6.45, 7) is 16.1. The van der Waals surface area contributed by atoms with Gasteiger partial charge in [0.05, 0.1) is 23.7 Å². The molecule has 3 aliphatic rings. The molecule has 6 amide bonds. The molecule has 5 unspecified atom stereocenters. The fourth-order valence-corrected chi connectivity index (χ4v) is 10.7. The zero-order valence-electron chi connectivity index (χ0n) is 46.6. The van der Waals surface area contributed by atoms with Gasteiger partial charge in [-0.25, -0.2) is 9.59 Å². The van der Waals surface area contributed by atoms with Crippen molar-refractivity contribution in [3.05, 3.63) is 136 Å². The SMILES string of the molecule is COc1ccc(C[C@H]2NC(=O)/C=C/C[C@@H]([C@H](C)C3OC3c3ccc(CNC(=O)C(C)NC(=O)C(C(C)C)N(CC4c5ccccc5-c5ccccc54)C(=O)O)cc3)OC(=O)[C@H](CC(C)C)NC(=O)C(C)(C)C(C)NC2=O)cc1Cl. The summed E-state index contributed by atoms with van der Waals surface area (Å²) in [7, 11) is 1.50. The van der Waals surface area contributed by atoms with Crippen molar-refractivity contribution in [3.8, 4) is 16.9 Å². The van der Waals surface area contributed by atoms with E-state index in [4.69, 9.17) is 25.8 Å². The number of esters is 1. The highest BCUT2D eigenvalue weighted by molar-refractivity contribution is 6.32. The molecule has 0 aromatic heterocycles. The molecular formula is C61H75ClN6O11. The van der Waals surface area contributed by atoms with Crippen molar-refractivity contribution in [2.45, 2.75) is 143 Å². The number of cyclic esters (lactones) is 1. The van der Waals surface area contributed by atoms with Crippen molar-refractivity contribution in [1.82, 2.24) is 31.5 Å². The van der Waals surface area contributed by atoms with Crippen LogP contribution in [-0.4, -0.2) is 108 Å². The van der Waals surface area contributed by atoms with Crippen LogP contribution in [-0.2, 0) is 51.2 Å². The maximum absolute atomic E-state index is 14.1. The van der Waals surface area contributed by atoms with Gasteiger partial charge >= 0.3 is 12.1 Å². The second-order valence-electron chi connectivity index (χ2n) is 22.4. The number of nitrogens with zero attached hydrogens (tertiary/aromatic N) is 1. The third-order valence-corrected chi connectivity index (χ3v) is 15.8. The lowest BCUT2D eigenvalue weighted by Crippen LogP contribution is -2.58. The van der Waals surface area contributed by atoms with Gasteiger partial charge in [0.15, 0.2) is 0 Å². The number of rotatable bonds is 17. The Balaban J connectivity index is 0.991. The highest BCUT2D eigenvalue weighted by Crippen LogP contribution is 2.46. The van der Waals surface area contributed by atoms with E-state index in [1.807, 2.05) is 93.6 Å². The Hall–Kier alpha value is -7.24. The van der Waals surface area contributed by atoms with Crippen LogP contribution in [0.3, 0.4) is 0 Å². The number of epoxide rings is 1. The maximum Gasteiger partial charge on any atom is 0.408 e. The summed E-state index contributed by atoms with van der Waals surface area (Å²) in [4.78, 5) is 97.1. The van der Waals surface area contributed by atoms with E-state index in [1.54, 1.807) is 65.8 Å². The van der Waals surface area contributed by atoms with E-state index in [2.05, 4.69) is 26.6 Å². The molecule has 2 aliphatic heterocycles. The number of carboxylic acid groups (broad SMARTS) is 1. The Morgan fingerprint density at radius 1 is 0.835 bits per heavy atom. The highest BCUT2D eigenvalue weighted by Gasteiger charge is 2.48. The van der Waals surface area contributed by atoms with Crippen LogP contribution in [0.2, 0.25) is 5.02 Å². The van der Waals surface area contributed by atoms with Crippen LogP contribution < -0.4 is 31.3 Å². The minimum absolute atomic E-state index is 0.00236. The van der Waals surface area contributed by atoms with Gasteiger partial charge in [-0.1, -0.05) is 131 Å². The number of fused-ring (bicyclic) bond motifs is 3. The monoisotopic (exact) mass is 1100 g/mol. The van der Waals surface area contributed by atoms with E-state index in [9.17, 15) is 38.7 Å². The Morgan fingerprint density at radius 3 is 2.06 bits per heavy atom. The minimum Gasteiger partial charge on any atom is -0.495 e. The van der Waals surface area contributed by atoms with Crippen LogP contribution >= 0.6 is 11.6 Å². The maximum atomic E-state index is 14.1. The zero-order chi connectivity index (χ0) is 57.5. The molecule has 4 aromatic rings. The average Bonchev–Trinajstić information content (AvgIpc) is 4.27. The fraction of sp³-hybridized carbons (Fsp3) is 0.459. The summed E-state index contributed by atoms with van der Waals surface area (Å²) >= 11 is 6.42. The zero-order valence-corrected chi connectivity index (χ0v) is 47.4. The smallest absolute Gasteiger partial charge is 0.408 e. The van der Waals surface area contributed by atoms with Gasteiger partial charge in [0.1, 0.15) is 42.1 Å². The molecule has 0 radical (unpaired) electrons. The van der Waals surface area contributed by atoms with Gasteiger partial charge in [-0.2, -0.15) is 0 Å². The summed E-state index contributed by atoms with van der Waals surface area (Å²) in [5.41, 5.74) is 5.14. The molecule has 4 aromatic carbocycles. The predicted molar refractivity (Wildman–Crippen MR) is 300 cm³/mol. The molecular weight excluding hydrogens is 1030 g/mol. The number of hydrogen-bond donors (Lipinski definition) is 6. The topological polar surface area (TPSA) is 234 Å². The van der Waals surface area contributed by atoms with Gasteiger partial charge in [0, 0.05) is 43.8 Å². The second kappa shape index (κ2) is 25.7. The number of methoxy groups -OCH3 is 1. The van der Waals surface area contributed by atoms with E-state index in [1.165, 1.54) is 18.1 Å². The van der Waals surface area contributed by atoms with Crippen molar-refractivity contribution in [2.75, 3.05) is 13.7 Å². The van der Waals surface area contributed by atoms with Crippen LogP contribution in [0, 0.1) is 23.2 Å². The summed E-state index contributed by atoms with van der Waals surface area (Å²) in [6.07, 6.45) is 0.604. The van der Waals surface area contributed by atoms with Gasteiger partial charge < -0.3 is 45.9 Å². The summed E-state index contributed by atoms with van der Waals surface area (Å²) in [6, 6.07) is 23.5. The molecule has 79 heavy (non-hydrogen) atoms. The minimum atomic E-state index is -1.23. The average molecular weight is 1100 g/mol. The summed E-state index contributed by atoms with van der Waals surface area (Å²) < 4.78 is 17.8. The first-order valence-corrected chi connectivity index (χ1v) is 27.5. The Bertz CT molecular complexity index is 2880. The Labute approximate surface area is 467 Å². The number of carbonyl (C=O) groups is 7. The van der Waals surface area contributed by atoms with Crippen molar-refractivity contribution in [2.24, 2.45) is 23.2 Å². The van der Waals surface area contributed by atoms with Crippen LogP contribution in [0.1, 0.15) is 115 Å². The molecule has 0 spiro atoms. The largest absolute Gasteiger partial charge is 0.495 e. The molecule has 7 rings (SSSR count). The lowest BCUT2D eigenvalue weighted by molar-refractivity contribution is -0.157. The number of carbonyl (C=O) groups excluding carboxylic acids is 6. The normalized spacial score (nSPS) is 22.9. The van der Waals surface area contributed by atoms with Gasteiger partial charge in [0.25, 0.3) is 0 Å². The van der Waals surface area contributed by atoms with Gasteiger partial charge in [-0.3, -0.25) is 28.9 Å². The summed E-state index contributed by atoms with van der Waals surface area (Å²) in [5.74, 6) is -3.81. The standard InChI is InChI=1S/C61H75ClN6O11/c1-33(2)28-48-58(73)78-49(20-15-21-51(69)66-47(30-39-24-27-50(77-10)46(62)29-39)56(71)65-37(7)61(8,9)59(74)67-48)35(5)53-54(79-53)40-25-22-38(23-26-40)31-63-55(70)36(6)64-57(72)52(34(3)4)68(60(75)76)32-45-43-18-13-11-16-41(43)42-17-12-14-19-44(42)45/h11-19,21-27,29,33-37,45,47-49,52-54H,20,28,30-32H2,1-10H3,(H,63,70)(H,64,72)(H,65,71)(H,66,69)(H,67,74)(H,75,76)/b21-15+/t35-,36?,37?,47+,48-,49-,52?,53?,54?/m0/s1. The molecule has 1 saturated heterocycles. The van der Waals surface area contributed by atoms with Gasteiger partial charge in [0.2, 0.25) is 29.5 Å². The fourth-order valence-electron chi connectivity index (χ4n) is 10.4. The molecule has 0 bridgehead atoms. The third-order valence-electron chi connectivity index (χ3n) is 15.5. The molecule has 6 N–H and O–H groups in total. The first-order valence-electron chi connectivity index (χ1n) is 27.1. The molecule has 0 saturated carbocycles. The summed E-state index contributed by atoms with van der Waals surface area (Å²) in [5, 5.41) is 25.2. The van der Waals surface area contributed by atoms with Crippen molar-refractivity contribution >= 4 is 53.2 Å². The van der Waals surface area contributed by atoms with Crippen LogP contribution in [0.15, 0.2) is 103 Å². The number of nitrogens with one attached hydrogen (secondary N) is 5. The highest BCUT2D eigenvalue weighted by atomic mass is 35.5. The molecule has 422 valence electrons. The van der Waals surface area contributed by atoms with E-state index in [-0.39, 0.29) is 56.4 Å². The van der Waals surface area contributed by atoms with Crippen LogP contribution in [0.25, 0.3) is 11.1 Å². The van der Waals surface area contributed by atoms with Gasteiger partial charge in [-0.15, -0.1) is 0 Å². The Morgan fingerprint density at radius 2 is 1.47 bits per heavy atom. The number of benzene rings is 4. The molecule has 9 atom stereocenters. The number of amides is 6. The molecule has 17 nitrogen and oxygen atoms in total. The van der Waals surface area contributed by atoms with E-state index < -0.39 is 95.2 Å². The quantitative estimate of drug-likeness (QED) is 0.0438. The first-order chi connectivity index (χ1) is 37.5. The van der Waals surface area contributed by atoms with Crippen molar-refractivity contribution in [1.29, 1.82) is 0 Å². The molecule has 1 fully saturated rings. The predicted octanol–water partition coefficient (Wildman–Crippen LogP) is 8.02. The number of hydrogen-bond acceptors (Lipinski definition) is 10. The van der Waals surface area contributed by atoms with Gasteiger partial charge in [-0.05, 0) is 103 Å². The lowest BCUT2D eigenvalue weighted by atomic mass is 9.83. The first kappa shape index (κ1) is 59.4. The number of halogens is 1. The van der Waals surface area contributed by atoms with Crippen molar-refractivity contribution in [3.63, 3.8) is 0 Å². The van der Waals surface area contributed by atoms with Crippen LogP contribution in [0.4, 0.5) is 4.79 Å². The number of ether oxygens (including phenoxy) is 3. The lowest BCUT2D eigenvalue weighted by Gasteiger charge is -2.34. The molecule has 1 aliphatic carbocycles. The van der Waals surface area contributed by atoms with Crippen molar-refractivity contribution < 1.29 is 52.9 Å².